The molecule has 5 nitrogen and oxygen atoms in total. The number of rotatable bonds is 5. The Morgan fingerprint density at radius 2 is 1.75 bits per heavy atom. The molecule has 28 heavy (non-hydrogen) atoms. The molecule has 0 saturated carbocycles. The Balaban J connectivity index is 1.46. The van der Waals surface area contributed by atoms with E-state index in [0.29, 0.717) is 11.4 Å². The Morgan fingerprint density at radius 1 is 0.893 bits per heavy atom. The topological polar surface area (TPSA) is 70.7 Å². The zero-order chi connectivity index (χ0) is 19.2. The standard InChI is InChI=1S/C23H18N4O/c28-23(22-16-21(26-27-22)18-8-2-1-3-9-18)25-20-11-6-7-17(15-20)12-13-19-10-4-5-14-24-19/h1-16H,(H,25,28)(H,26,27)/b13-12+. The largest absolute Gasteiger partial charge is 0.321 e. The number of anilines is 1. The zero-order valence-corrected chi connectivity index (χ0v) is 15.0. The maximum absolute atomic E-state index is 12.5. The Labute approximate surface area is 162 Å². The maximum Gasteiger partial charge on any atom is 0.273 e. The van der Waals surface area contributed by atoms with E-state index in [1.54, 1.807) is 12.3 Å². The lowest BCUT2D eigenvalue weighted by Gasteiger charge is -2.04. The number of hydrogen-bond donors (Lipinski definition) is 2. The van der Waals surface area contributed by atoms with Crippen LogP contribution in [0.15, 0.2) is 85.1 Å². The fraction of sp³-hybridized carbons (Fsp3) is 0. The van der Waals surface area contributed by atoms with Crippen LogP contribution < -0.4 is 5.32 Å². The fourth-order valence-corrected chi connectivity index (χ4v) is 2.77. The second-order valence-corrected chi connectivity index (χ2v) is 6.20. The minimum absolute atomic E-state index is 0.236. The highest BCUT2D eigenvalue weighted by atomic mass is 16.1. The van der Waals surface area contributed by atoms with Gasteiger partial charge in [0.15, 0.2) is 0 Å². The van der Waals surface area contributed by atoms with Crippen LogP contribution in [0.3, 0.4) is 0 Å². The van der Waals surface area contributed by atoms with Crippen molar-refractivity contribution in [3.63, 3.8) is 0 Å². The molecule has 2 heterocycles. The van der Waals surface area contributed by atoms with Gasteiger partial charge in [0.25, 0.3) is 5.91 Å². The van der Waals surface area contributed by atoms with Gasteiger partial charge < -0.3 is 5.32 Å². The van der Waals surface area contributed by atoms with Crippen molar-refractivity contribution >= 4 is 23.7 Å². The van der Waals surface area contributed by atoms with Gasteiger partial charge in [0.2, 0.25) is 0 Å². The Bertz CT molecular complexity index is 1100. The van der Waals surface area contributed by atoms with Gasteiger partial charge in [-0.2, -0.15) is 5.10 Å². The van der Waals surface area contributed by atoms with Crippen LogP contribution in [0.4, 0.5) is 5.69 Å². The van der Waals surface area contributed by atoms with Gasteiger partial charge >= 0.3 is 0 Å². The van der Waals surface area contributed by atoms with Gasteiger partial charge in [0, 0.05) is 17.4 Å². The normalized spacial score (nSPS) is 10.9. The molecule has 2 aromatic heterocycles. The summed E-state index contributed by atoms with van der Waals surface area (Å²) in [6.07, 6.45) is 5.65. The number of amides is 1. The molecule has 0 bridgehead atoms. The van der Waals surface area contributed by atoms with Crippen molar-refractivity contribution in [1.29, 1.82) is 0 Å². The first-order valence-electron chi connectivity index (χ1n) is 8.89. The van der Waals surface area contributed by atoms with E-state index in [2.05, 4.69) is 20.5 Å². The first kappa shape index (κ1) is 17.4. The zero-order valence-electron chi connectivity index (χ0n) is 15.0. The average Bonchev–Trinajstić information content (AvgIpc) is 3.25. The second kappa shape index (κ2) is 8.14. The molecule has 0 aliphatic rings. The van der Waals surface area contributed by atoms with Gasteiger partial charge in [0.1, 0.15) is 5.69 Å². The summed E-state index contributed by atoms with van der Waals surface area (Å²) < 4.78 is 0. The number of aromatic amines is 1. The van der Waals surface area contributed by atoms with Crippen molar-refractivity contribution in [3.8, 4) is 11.3 Å². The quantitative estimate of drug-likeness (QED) is 0.528. The molecule has 2 N–H and O–H groups in total. The van der Waals surface area contributed by atoms with Crippen LogP contribution in [0.25, 0.3) is 23.4 Å². The number of aromatic nitrogens is 3. The van der Waals surface area contributed by atoms with Crippen molar-refractivity contribution in [2.24, 2.45) is 0 Å². The summed E-state index contributed by atoms with van der Waals surface area (Å²) in [4.78, 5) is 16.8. The molecular weight excluding hydrogens is 348 g/mol. The number of carbonyl (C=O) groups excluding carboxylic acids is 1. The SMILES string of the molecule is O=C(Nc1cccc(/C=C/c2ccccn2)c1)c1cc(-c2ccccc2)n[nH]1. The first-order valence-corrected chi connectivity index (χ1v) is 8.89. The van der Waals surface area contributed by atoms with Crippen molar-refractivity contribution in [2.75, 3.05) is 5.32 Å². The number of hydrogen-bond acceptors (Lipinski definition) is 3. The van der Waals surface area contributed by atoms with Crippen LogP contribution in [-0.2, 0) is 0 Å². The van der Waals surface area contributed by atoms with Crippen LogP contribution in [0.5, 0.6) is 0 Å². The van der Waals surface area contributed by atoms with Gasteiger partial charge in [0.05, 0.1) is 11.4 Å². The minimum Gasteiger partial charge on any atom is -0.321 e. The number of nitrogens with one attached hydrogen (secondary N) is 2. The molecule has 5 heteroatoms. The molecule has 0 aliphatic carbocycles. The Hall–Kier alpha value is -3.99. The van der Waals surface area contributed by atoms with E-state index >= 15 is 0 Å². The lowest BCUT2D eigenvalue weighted by Crippen LogP contribution is -2.12. The summed E-state index contributed by atoms with van der Waals surface area (Å²) in [5.41, 5.74) is 4.66. The van der Waals surface area contributed by atoms with Gasteiger partial charge in [-0.3, -0.25) is 14.9 Å². The lowest BCUT2D eigenvalue weighted by molar-refractivity contribution is 0.102. The minimum atomic E-state index is -0.236. The summed E-state index contributed by atoms with van der Waals surface area (Å²) >= 11 is 0. The summed E-state index contributed by atoms with van der Waals surface area (Å²) in [6.45, 7) is 0. The molecule has 0 fully saturated rings. The maximum atomic E-state index is 12.5. The summed E-state index contributed by atoms with van der Waals surface area (Å²) in [7, 11) is 0. The molecule has 4 rings (SSSR count). The van der Waals surface area contributed by atoms with E-state index in [-0.39, 0.29) is 5.91 Å². The lowest BCUT2D eigenvalue weighted by atomic mass is 10.1. The van der Waals surface area contributed by atoms with Gasteiger partial charge in [-0.05, 0) is 42.0 Å². The van der Waals surface area contributed by atoms with E-state index in [0.717, 1.165) is 22.5 Å². The van der Waals surface area contributed by atoms with Crippen molar-refractivity contribution in [3.05, 3.63) is 102 Å². The fourth-order valence-electron chi connectivity index (χ4n) is 2.77. The number of nitrogens with zero attached hydrogens (tertiary/aromatic N) is 2. The Morgan fingerprint density at radius 3 is 2.57 bits per heavy atom. The molecule has 0 saturated heterocycles. The number of pyridine rings is 1. The summed E-state index contributed by atoms with van der Waals surface area (Å²) in [5.74, 6) is -0.236. The van der Waals surface area contributed by atoms with E-state index in [9.17, 15) is 4.79 Å². The highest BCUT2D eigenvalue weighted by Gasteiger charge is 2.11. The van der Waals surface area contributed by atoms with Crippen molar-refractivity contribution in [2.45, 2.75) is 0 Å². The molecule has 0 spiro atoms. The molecule has 1 amide bonds. The smallest absolute Gasteiger partial charge is 0.273 e. The van der Waals surface area contributed by atoms with E-state index in [1.807, 2.05) is 84.9 Å². The van der Waals surface area contributed by atoms with Crippen LogP contribution in [-0.4, -0.2) is 21.1 Å². The third kappa shape index (κ3) is 4.22. The van der Waals surface area contributed by atoms with Gasteiger partial charge in [-0.25, -0.2) is 0 Å². The molecule has 0 unspecified atom stereocenters. The number of benzene rings is 2. The van der Waals surface area contributed by atoms with Gasteiger partial charge in [-0.15, -0.1) is 0 Å². The van der Waals surface area contributed by atoms with Gasteiger partial charge in [-0.1, -0.05) is 54.6 Å². The molecule has 0 atom stereocenters. The van der Waals surface area contributed by atoms with Crippen LogP contribution in [0.2, 0.25) is 0 Å². The first-order chi connectivity index (χ1) is 13.8. The average molecular weight is 366 g/mol. The highest BCUT2D eigenvalue weighted by molar-refractivity contribution is 6.03. The molecule has 0 aliphatic heterocycles. The predicted octanol–water partition coefficient (Wildman–Crippen LogP) is 4.89. The van der Waals surface area contributed by atoms with E-state index in [4.69, 9.17) is 0 Å². The van der Waals surface area contributed by atoms with Crippen molar-refractivity contribution < 1.29 is 4.79 Å². The van der Waals surface area contributed by atoms with Crippen molar-refractivity contribution in [1.82, 2.24) is 15.2 Å². The van der Waals surface area contributed by atoms with Crippen LogP contribution in [0, 0.1) is 0 Å². The molecule has 4 aromatic rings. The number of H-pyrrole nitrogens is 1. The third-order valence-corrected chi connectivity index (χ3v) is 4.17. The van der Waals surface area contributed by atoms with E-state index < -0.39 is 0 Å². The summed E-state index contributed by atoms with van der Waals surface area (Å²) in [5, 5.41) is 9.93. The third-order valence-electron chi connectivity index (χ3n) is 4.17. The Kier molecular flexibility index (Phi) is 5.06. The van der Waals surface area contributed by atoms with E-state index in [1.165, 1.54) is 0 Å². The molecule has 136 valence electrons. The summed E-state index contributed by atoms with van der Waals surface area (Å²) in [6, 6.07) is 24.9. The van der Waals surface area contributed by atoms with Crippen LogP contribution >= 0.6 is 0 Å². The number of carbonyl (C=O) groups is 1. The molecular formula is C23H18N4O. The highest BCUT2D eigenvalue weighted by Crippen LogP contribution is 2.18. The molecule has 0 radical (unpaired) electrons. The molecule has 2 aromatic carbocycles. The second-order valence-electron chi connectivity index (χ2n) is 6.20. The monoisotopic (exact) mass is 366 g/mol. The van der Waals surface area contributed by atoms with Crippen LogP contribution in [0.1, 0.15) is 21.7 Å². The predicted molar refractivity (Wildman–Crippen MR) is 112 cm³/mol.